The van der Waals surface area contributed by atoms with Gasteiger partial charge in [0.05, 0.1) is 32.6 Å². The second-order valence-electron chi connectivity index (χ2n) is 7.72. The van der Waals surface area contributed by atoms with E-state index in [2.05, 4.69) is 5.32 Å². The van der Waals surface area contributed by atoms with Crippen LogP contribution in [0.1, 0.15) is 21.5 Å². The third-order valence-corrected chi connectivity index (χ3v) is 5.36. The molecular weight excluding hydrogens is 450 g/mol. The van der Waals surface area contributed by atoms with Crippen LogP contribution in [0.15, 0.2) is 60.4 Å². The van der Waals surface area contributed by atoms with E-state index in [-0.39, 0.29) is 24.1 Å². The van der Waals surface area contributed by atoms with E-state index in [9.17, 15) is 9.59 Å². The number of allylic oxidation sites excluding steroid dienone is 1. The van der Waals surface area contributed by atoms with E-state index in [1.165, 1.54) is 14.2 Å². The number of Topliss-reactive ketones (excluding diaryl/α,β-unsaturated/α-hetero) is 1. The van der Waals surface area contributed by atoms with Gasteiger partial charge in [0.2, 0.25) is 5.78 Å². The van der Waals surface area contributed by atoms with Crippen molar-refractivity contribution in [1.82, 2.24) is 0 Å². The number of ether oxygens (including phenoxy) is 5. The molecule has 3 aromatic rings. The molecular formula is C27H25NO7. The van der Waals surface area contributed by atoms with Crippen LogP contribution >= 0.6 is 0 Å². The molecule has 180 valence electrons. The maximum absolute atomic E-state index is 12.8. The van der Waals surface area contributed by atoms with Crippen LogP contribution in [-0.2, 0) is 4.79 Å². The van der Waals surface area contributed by atoms with Gasteiger partial charge in [0, 0.05) is 11.6 Å². The fraction of sp³-hybridized carbons (Fsp3) is 0.185. The Balaban J connectivity index is 1.46. The van der Waals surface area contributed by atoms with Gasteiger partial charge in [0.25, 0.3) is 5.91 Å². The van der Waals surface area contributed by atoms with E-state index in [1.54, 1.807) is 55.7 Å². The van der Waals surface area contributed by atoms with Crippen LogP contribution in [-0.4, -0.2) is 39.6 Å². The summed E-state index contributed by atoms with van der Waals surface area (Å²) in [5, 5.41) is 2.78. The number of fused-ring (bicyclic) bond motifs is 1. The minimum Gasteiger partial charge on any atom is -0.495 e. The lowest BCUT2D eigenvalue weighted by molar-refractivity contribution is -0.118. The summed E-state index contributed by atoms with van der Waals surface area (Å²) in [6, 6.07) is 15.7. The number of hydrogen-bond acceptors (Lipinski definition) is 7. The maximum Gasteiger partial charge on any atom is 0.262 e. The number of ketones is 1. The topological polar surface area (TPSA) is 92.3 Å². The van der Waals surface area contributed by atoms with Crippen LogP contribution in [0.2, 0.25) is 0 Å². The monoisotopic (exact) mass is 475 g/mol. The molecule has 0 saturated heterocycles. The first-order valence-corrected chi connectivity index (χ1v) is 10.8. The second kappa shape index (κ2) is 10.2. The molecule has 0 bridgehead atoms. The largest absolute Gasteiger partial charge is 0.495 e. The molecule has 1 N–H and O–H groups in total. The first-order valence-electron chi connectivity index (χ1n) is 10.8. The van der Waals surface area contributed by atoms with Crippen molar-refractivity contribution in [2.75, 3.05) is 33.3 Å². The standard InChI is InChI=1S/C27H25NO7/c1-16-8-11-21(31-2)20(12-16)28-25(29)15-34-18-9-10-19-23(14-18)35-24(26(19)30)13-17-6-5-7-22(32-3)27(17)33-4/h5-14H,15H2,1-4H3,(H,28,29)/b24-13-. The molecule has 3 aromatic carbocycles. The van der Waals surface area contributed by atoms with Crippen molar-refractivity contribution in [3.63, 3.8) is 0 Å². The number of hydrogen-bond donors (Lipinski definition) is 1. The number of nitrogens with one attached hydrogen (secondary N) is 1. The Kier molecular flexibility index (Phi) is 6.91. The van der Waals surface area contributed by atoms with Crippen LogP contribution in [0, 0.1) is 6.92 Å². The highest BCUT2D eigenvalue weighted by atomic mass is 16.5. The number of para-hydroxylation sites is 1. The van der Waals surface area contributed by atoms with E-state index in [0.29, 0.717) is 45.6 Å². The van der Waals surface area contributed by atoms with Gasteiger partial charge in [-0.05, 0) is 48.9 Å². The van der Waals surface area contributed by atoms with E-state index in [4.69, 9.17) is 23.7 Å². The normalized spacial score (nSPS) is 13.1. The van der Waals surface area contributed by atoms with Gasteiger partial charge >= 0.3 is 0 Å². The van der Waals surface area contributed by atoms with Gasteiger partial charge in [-0.1, -0.05) is 18.2 Å². The van der Waals surface area contributed by atoms with Gasteiger partial charge in [0.1, 0.15) is 17.2 Å². The SMILES string of the molecule is COc1ccc(C)cc1NC(=O)COc1ccc2c(c1)O/C(=C\c1cccc(OC)c1OC)C2=O. The molecule has 0 unspecified atom stereocenters. The van der Waals surface area contributed by atoms with Gasteiger partial charge in [-0.2, -0.15) is 0 Å². The van der Waals surface area contributed by atoms with Crippen molar-refractivity contribution in [2.24, 2.45) is 0 Å². The number of carbonyl (C=O) groups is 2. The van der Waals surface area contributed by atoms with Crippen molar-refractivity contribution in [1.29, 1.82) is 0 Å². The number of anilines is 1. The summed E-state index contributed by atoms with van der Waals surface area (Å²) in [5.74, 6) is 1.87. The number of amides is 1. The summed E-state index contributed by atoms with van der Waals surface area (Å²) in [6.07, 6.45) is 1.60. The highest BCUT2D eigenvalue weighted by Gasteiger charge is 2.28. The quantitative estimate of drug-likeness (QED) is 0.474. The van der Waals surface area contributed by atoms with Crippen LogP contribution in [0.3, 0.4) is 0 Å². The number of aryl methyl sites for hydroxylation is 1. The summed E-state index contributed by atoms with van der Waals surface area (Å²) in [6.45, 7) is 1.69. The average Bonchev–Trinajstić information content (AvgIpc) is 3.17. The van der Waals surface area contributed by atoms with Crippen molar-refractivity contribution < 1.29 is 33.3 Å². The zero-order valence-electron chi connectivity index (χ0n) is 19.8. The molecule has 0 spiro atoms. The van der Waals surface area contributed by atoms with Crippen molar-refractivity contribution >= 4 is 23.5 Å². The van der Waals surface area contributed by atoms with Crippen LogP contribution in [0.4, 0.5) is 5.69 Å². The van der Waals surface area contributed by atoms with Crippen LogP contribution in [0.5, 0.6) is 28.7 Å². The van der Waals surface area contributed by atoms with Crippen molar-refractivity contribution in [3.05, 3.63) is 77.0 Å². The van der Waals surface area contributed by atoms with Crippen molar-refractivity contribution in [2.45, 2.75) is 6.92 Å². The Labute approximate surface area is 203 Å². The molecule has 0 radical (unpaired) electrons. The molecule has 1 aliphatic rings. The number of benzene rings is 3. The van der Waals surface area contributed by atoms with E-state index in [0.717, 1.165) is 5.56 Å². The van der Waals surface area contributed by atoms with Gasteiger partial charge < -0.3 is 29.0 Å². The third-order valence-electron chi connectivity index (χ3n) is 5.36. The van der Waals surface area contributed by atoms with E-state index in [1.807, 2.05) is 19.1 Å². The Hall–Kier alpha value is -4.46. The minimum atomic E-state index is -0.350. The molecule has 1 heterocycles. The zero-order valence-corrected chi connectivity index (χ0v) is 19.8. The van der Waals surface area contributed by atoms with Crippen molar-refractivity contribution in [3.8, 4) is 28.7 Å². The molecule has 1 amide bonds. The zero-order chi connectivity index (χ0) is 24.9. The first-order chi connectivity index (χ1) is 16.9. The number of methoxy groups -OCH3 is 3. The molecule has 0 fully saturated rings. The Morgan fingerprint density at radius 2 is 1.77 bits per heavy atom. The molecule has 35 heavy (non-hydrogen) atoms. The predicted octanol–water partition coefficient (Wildman–Crippen LogP) is 4.65. The minimum absolute atomic E-state index is 0.146. The lowest BCUT2D eigenvalue weighted by atomic mass is 10.1. The van der Waals surface area contributed by atoms with E-state index >= 15 is 0 Å². The lowest BCUT2D eigenvalue weighted by Crippen LogP contribution is -2.20. The molecule has 0 atom stereocenters. The summed E-state index contributed by atoms with van der Waals surface area (Å²) >= 11 is 0. The van der Waals surface area contributed by atoms with E-state index < -0.39 is 0 Å². The molecule has 1 aliphatic heterocycles. The second-order valence-corrected chi connectivity index (χ2v) is 7.72. The highest BCUT2D eigenvalue weighted by Crippen LogP contribution is 2.37. The van der Waals surface area contributed by atoms with Gasteiger partial charge in [-0.3, -0.25) is 9.59 Å². The highest BCUT2D eigenvalue weighted by molar-refractivity contribution is 6.14. The fourth-order valence-electron chi connectivity index (χ4n) is 3.68. The van der Waals surface area contributed by atoms with Gasteiger partial charge in [0.15, 0.2) is 23.9 Å². The summed E-state index contributed by atoms with van der Waals surface area (Å²) in [7, 11) is 4.61. The Morgan fingerprint density at radius 1 is 0.971 bits per heavy atom. The van der Waals surface area contributed by atoms with Crippen LogP contribution < -0.4 is 29.0 Å². The molecule has 0 saturated carbocycles. The summed E-state index contributed by atoms with van der Waals surface area (Å²) in [5.41, 5.74) is 2.59. The number of rotatable bonds is 8. The summed E-state index contributed by atoms with van der Waals surface area (Å²) in [4.78, 5) is 25.3. The first kappa shape index (κ1) is 23.7. The fourth-order valence-corrected chi connectivity index (χ4v) is 3.68. The van der Waals surface area contributed by atoms with Gasteiger partial charge in [-0.25, -0.2) is 0 Å². The van der Waals surface area contributed by atoms with Crippen LogP contribution in [0.25, 0.3) is 6.08 Å². The molecule has 8 heteroatoms. The Bertz CT molecular complexity index is 1310. The molecule has 4 rings (SSSR count). The smallest absolute Gasteiger partial charge is 0.262 e. The molecule has 0 aromatic heterocycles. The predicted molar refractivity (Wildman–Crippen MR) is 131 cm³/mol. The third kappa shape index (κ3) is 5.06. The number of carbonyl (C=O) groups excluding carboxylic acids is 2. The maximum atomic E-state index is 12.8. The Morgan fingerprint density at radius 3 is 2.51 bits per heavy atom. The molecule has 8 nitrogen and oxygen atoms in total. The molecule has 0 aliphatic carbocycles. The summed E-state index contributed by atoms with van der Waals surface area (Å²) < 4.78 is 27.4. The van der Waals surface area contributed by atoms with Gasteiger partial charge in [-0.15, -0.1) is 0 Å². The lowest BCUT2D eigenvalue weighted by Gasteiger charge is -2.12. The average molecular weight is 475 g/mol.